The number of methoxy groups -OCH3 is 1. The first kappa shape index (κ1) is 21.8. The molecule has 0 heterocycles. The fourth-order valence-electron chi connectivity index (χ4n) is 2.18. The van der Waals surface area contributed by atoms with E-state index in [4.69, 9.17) is 9.47 Å². The van der Waals surface area contributed by atoms with Crippen molar-refractivity contribution in [3.63, 3.8) is 0 Å². The minimum absolute atomic E-state index is 0.368. The Labute approximate surface area is 161 Å². The number of benzene rings is 1. The third-order valence-corrected chi connectivity index (χ3v) is 7.01. The number of amides is 1. The van der Waals surface area contributed by atoms with Crippen molar-refractivity contribution >= 4 is 36.8 Å². The van der Waals surface area contributed by atoms with Crippen LogP contribution in [0.5, 0.6) is 0 Å². The standard InChI is InChI=1S/C15H20NO4.C4H9.Sn/c1-15(2,3)20-14(18)16-12(13(17)19-4)10-11-8-6-5-7-9-11;1-4(2)3;/h6-9,12H,10H2,1-4H3,(H,16,18);1-3H3;/t12-;;/m0../s1. The Morgan fingerprint density at radius 1 is 1.08 bits per heavy atom. The van der Waals surface area contributed by atoms with Crippen LogP contribution in [0.3, 0.4) is 0 Å². The summed E-state index contributed by atoms with van der Waals surface area (Å²) < 4.78 is 11.8. The Kier molecular flexibility index (Phi) is 7.78. The van der Waals surface area contributed by atoms with Gasteiger partial charge in [0.15, 0.2) is 0 Å². The summed E-state index contributed by atoms with van der Waals surface area (Å²) in [6.45, 7) is 12.1. The third-order valence-electron chi connectivity index (χ3n) is 3.09. The second-order valence-corrected chi connectivity index (χ2v) is 14.6. The summed E-state index contributed by atoms with van der Waals surface area (Å²) in [5.41, 5.74) is 0.355. The zero-order chi connectivity index (χ0) is 19.3. The van der Waals surface area contributed by atoms with Gasteiger partial charge in [0.25, 0.3) is 0 Å². The van der Waals surface area contributed by atoms with Crippen LogP contribution in [0.25, 0.3) is 0 Å². The summed E-state index contributed by atoms with van der Waals surface area (Å²) in [4.78, 5) is 23.9. The number of esters is 1. The molecule has 1 amide bonds. The molecule has 0 aromatic heterocycles. The fraction of sp³-hybridized carbons (Fsp3) is 0.579. The number of carbonyl (C=O) groups is 2. The molecule has 1 aromatic rings. The molecule has 0 aliphatic rings. The summed E-state index contributed by atoms with van der Waals surface area (Å²) in [5, 5.41) is 2.60. The van der Waals surface area contributed by atoms with Crippen molar-refractivity contribution in [2.45, 2.75) is 63.0 Å². The van der Waals surface area contributed by atoms with Gasteiger partial charge in [0.05, 0.1) is 0 Å². The van der Waals surface area contributed by atoms with Gasteiger partial charge in [0, 0.05) is 0 Å². The Bertz CT molecular complexity index is 585. The summed E-state index contributed by atoms with van der Waals surface area (Å²) in [5.74, 6) is -0.485. The molecule has 1 aromatic carbocycles. The van der Waals surface area contributed by atoms with Crippen LogP contribution < -0.4 is 8.90 Å². The van der Waals surface area contributed by atoms with E-state index in [2.05, 4.69) is 38.2 Å². The molecule has 0 unspecified atom stereocenters. The summed E-state index contributed by atoms with van der Waals surface area (Å²) >= 11 is -0.653. The molecule has 1 N–H and O–H groups in total. The van der Waals surface area contributed by atoms with Crippen molar-refractivity contribution < 1.29 is 19.1 Å². The number of hydrogen-bond donors (Lipinski definition) is 1. The summed E-state index contributed by atoms with van der Waals surface area (Å²) in [6, 6.07) is 7.54. The normalized spacial score (nSPS) is 13.1. The predicted molar refractivity (Wildman–Crippen MR) is 100 cm³/mol. The van der Waals surface area contributed by atoms with Crippen LogP contribution in [-0.2, 0) is 20.7 Å². The number of carbonyl (C=O) groups excluding carboxylic acids is 2. The van der Waals surface area contributed by atoms with Gasteiger partial charge in [0.2, 0.25) is 0 Å². The van der Waals surface area contributed by atoms with E-state index in [-0.39, 0.29) is 0 Å². The zero-order valence-electron chi connectivity index (χ0n) is 16.2. The maximum absolute atomic E-state index is 12.0. The molecule has 25 heavy (non-hydrogen) atoms. The molecule has 138 valence electrons. The molecular weight excluding hydrogens is 425 g/mol. The number of rotatable bonds is 5. The van der Waals surface area contributed by atoms with E-state index in [0.717, 1.165) is 5.56 Å². The van der Waals surface area contributed by atoms with Crippen molar-refractivity contribution in [1.82, 2.24) is 5.32 Å². The molecule has 0 saturated carbocycles. The number of nitrogens with one attached hydrogen (secondary N) is 1. The average Bonchev–Trinajstić information content (AvgIpc) is 2.44. The van der Waals surface area contributed by atoms with Gasteiger partial charge >= 0.3 is 161 Å². The van der Waals surface area contributed by atoms with Crippen LogP contribution in [0.15, 0.2) is 24.3 Å². The van der Waals surface area contributed by atoms with Crippen molar-refractivity contribution in [1.29, 1.82) is 0 Å². The monoisotopic (exact) mass is 455 g/mol. The molecule has 2 radical (unpaired) electrons. The van der Waals surface area contributed by atoms with Crippen molar-refractivity contribution in [3.05, 3.63) is 29.8 Å². The van der Waals surface area contributed by atoms with Crippen molar-refractivity contribution in [2.24, 2.45) is 0 Å². The SMILES string of the molecule is COC(=O)[C@H](Cc1cc[c]([Sn][C](C)(C)C)cc1)NC(=O)OC(C)(C)C. The van der Waals surface area contributed by atoms with Gasteiger partial charge in [-0.2, -0.15) is 0 Å². The van der Waals surface area contributed by atoms with Gasteiger partial charge < -0.3 is 0 Å². The number of ether oxygens (including phenoxy) is 2. The molecule has 0 aliphatic carbocycles. The first-order chi connectivity index (χ1) is 11.4. The molecule has 5 nitrogen and oxygen atoms in total. The minimum atomic E-state index is -0.770. The van der Waals surface area contributed by atoms with Crippen LogP contribution >= 0.6 is 0 Å². The molecule has 0 spiro atoms. The first-order valence-corrected chi connectivity index (χ1v) is 11.2. The van der Waals surface area contributed by atoms with Crippen LogP contribution in [0.4, 0.5) is 4.79 Å². The second kappa shape index (κ2) is 8.92. The number of alkyl carbamates (subject to hydrolysis) is 1. The maximum atomic E-state index is 12.0. The van der Waals surface area contributed by atoms with Gasteiger partial charge in [-0.15, -0.1) is 0 Å². The van der Waals surface area contributed by atoms with Crippen LogP contribution in [-0.4, -0.2) is 52.0 Å². The van der Waals surface area contributed by atoms with Crippen LogP contribution in [0, 0.1) is 0 Å². The Balaban J connectivity index is 2.78. The topological polar surface area (TPSA) is 64.6 Å². The van der Waals surface area contributed by atoms with E-state index >= 15 is 0 Å². The summed E-state index contributed by atoms with van der Waals surface area (Å²) in [6.07, 6.45) is -0.256. The predicted octanol–water partition coefficient (Wildman–Crippen LogP) is 2.84. The average molecular weight is 454 g/mol. The van der Waals surface area contributed by atoms with Crippen LogP contribution in [0.2, 0.25) is 3.43 Å². The van der Waals surface area contributed by atoms with Crippen molar-refractivity contribution in [2.75, 3.05) is 7.11 Å². The Morgan fingerprint density at radius 2 is 1.64 bits per heavy atom. The van der Waals surface area contributed by atoms with Gasteiger partial charge in [-0.25, -0.2) is 0 Å². The summed E-state index contributed by atoms with van der Waals surface area (Å²) in [7, 11) is 1.31. The van der Waals surface area contributed by atoms with Gasteiger partial charge in [-0.3, -0.25) is 0 Å². The van der Waals surface area contributed by atoms with Gasteiger partial charge in [0.1, 0.15) is 0 Å². The van der Waals surface area contributed by atoms with E-state index in [1.165, 1.54) is 10.7 Å². The Hall–Kier alpha value is -1.24. The van der Waals surface area contributed by atoms with Gasteiger partial charge in [-0.05, 0) is 0 Å². The Morgan fingerprint density at radius 3 is 2.08 bits per heavy atom. The number of hydrogen-bond acceptors (Lipinski definition) is 4. The quantitative estimate of drug-likeness (QED) is 0.550. The molecule has 6 heteroatoms. The second-order valence-electron chi connectivity index (χ2n) is 8.00. The molecule has 0 saturated heterocycles. The molecular formula is C19H29NO4Sn. The van der Waals surface area contributed by atoms with E-state index in [9.17, 15) is 9.59 Å². The fourth-order valence-corrected chi connectivity index (χ4v) is 5.60. The molecule has 0 bridgehead atoms. The van der Waals surface area contributed by atoms with E-state index in [1.807, 2.05) is 12.1 Å². The molecule has 1 rings (SSSR count). The van der Waals surface area contributed by atoms with E-state index in [1.54, 1.807) is 20.8 Å². The molecule has 0 aliphatic heterocycles. The van der Waals surface area contributed by atoms with E-state index < -0.39 is 44.8 Å². The van der Waals surface area contributed by atoms with Crippen LogP contribution in [0.1, 0.15) is 47.1 Å². The molecule has 0 fully saturated rings. The first-order valence-electron chi connectivity index (χ1n) is 8.34. The van der Waals surface area contributed by atoms with Gasteiger partial charge in [-0.1, -0.05) is 0 Å². The zero-order valence-corrected chi connectivity index (χ0v) is 19.1. The van der Waals surface area contributed by atoms with E-state index in [0.29, 0.717) is 9.85 Å². The molecule has 1 atom stereocenters. The van der Waals surface area contributed by atoms with Crippen molar-refractivity contribution in [3.8, 4) is 0 Å². The third kappa shape index (κ3) is 9.14.